The van der Waals surface area contributed by atoms with Crippen molar-refractivity contribution in [1.82, 2.24) is 4.90 Å². The molecular weight excluding hydrogens is 288 g/mol. The third kappa shape index (κ3) is 2.31. The standard InChI is InChI=1S/C16H19ClN2O2/c1-18-15(21)19(13-8-4-3-7-12(13)17)14(20)11-16(18)9-5-2-6-10-16/h3-4,7-8H,2,5-6,9-11H2,1H3. The molecule has 1 aliphatic heterocycles. The molecule has 21 heavy (non-hydrogen) atoms. The fourth-order valence-electron chi connectivity index (χ4n) is 3.53. The molecule has 5 heteroatoms. The first-order valence-corrected chi connectivity index (χ1v) is 7.78. The van der Waals surface area contributed by atoms with Crippen molar-refractivity contribution < 1.29 is 9.59 Å². The maximum absolute atomic E-state index is 12.7. The highest BCUT2D eigenvalue weighted by atomic mass is 35.5. The quantitative estimate of drug-likeness (QED) is 0.791. The zero-order chi connectivity index (χ0) is 15.0. The van der Waals surface area contributed by atoms with Crippen molar-refractivity contribution in [2.24, 2.45) is 0 Å². The van der Waals surface area contributed by atoms with E-state index < -0.39 is 0 Å². The largest absolute Gasteiger partial charge is 0.331 e. The van der Waals surface area contributed by atoms with Crippen LogP contribution in [0.3, 0.4) is 0 Å². The number of imide groups is 1. The zero-order valence-corrected chi connectivity index (χ0v) is 12.9. The summed E-state index contributed by atoms with van der Waals surface area (Å²) in [6.07, 6.45) is 5.56. The fourth-order valence-corrected chi connectivity index (χ4v) is 3.75. The lowest BCUT2D eigenvalue weighted by molar-refractivity contribution is -0.123. The smallest absolute Gasteiger partial charge is 0.321 e. The van der Waals surface area contributed by atoms with Crippen LogP contribution in [-0.4, -0.2) is 29.4 Å². The number of halogens is 1. The molecule has 1 aromatic rings. The van der Waals surface area contributed by atoms with Crippen LogP contribution in [0.15, 0.2) is 24.3 Å². The first-order valence-electron chi connectivity index (χ1n) is 7.40. The molecule has 1 saturated heterocycles. The van der Waals surface area contributed by atoms with E-state index in [1.807, 2.05) is 7.05 Å². The summed E-state index contributed by atoms with van der Waals surface area (Å²) >= 11 is 6.15. The summed E-state index contributed by atoms with van der Waals surface area (Å²) in [7, 11) is 1.81. The van der Waals surface area contributed by atoms with Gasteiger partial charge in [0.1, 0.15) is 0 Å². The molecule has 1 aliphatic carbocycles. The number of amides is 3. The highest BCUT2D eigenvalue weighted by Gasteiger charge is 2.48. The van der Waals surface area contributed by atoms with Gasteiger partial charge in [0.2, 0.25) is 5.91 Å². The number of urea groups is 1. The molecule has 0 radical (unpaired) electrons. The highest BCUT2D eigenvalue weighted by molar-refractivity contribution is 6.35. The predicted octanol–water partition coefficient (Wildman–Crippen LogP) is 3.83. The zero-order valence-electron chi connectivity index (χ0n) is 12.1. The Kier molecular flexibility index (Phi) is 3.66. The first kappa shape index (κ1) is 14.4. The van der Waals surface area contributed by atoms with Crippen LogP contribution in [0.4, 0.5) is 10.5 Å². The van der Waals surface area contributed by atoms with Crippen molar-refractivity contribution in [3.63, 3.8) is 0 Å². The summed E-state index contributed by atoms with van der Waals surface area (Å²) in [5.74, 6) is -0.145. The fraction of sp³-hybridized carbons (Fsp3) is 0.500. The molecule has 1 spiro atoms. The molecule has 3 amide bonds. The van der Waals surface area contributed by atoms with E-state index in [0.717, 1.165) is 25.7 Å². The predicted molar refractivity (Wildman–Crippen MR) is 82.5 cm³/mol. The van der Waals surface area contributed by atoms with Crippen molar-refractivity contribution in [3.05, 3.63) is 29.3 Å². The Bertz CT molecular complexity index is 581. The van der Waals surface area contributed by atoms with Crippen molar-refractivity contribution >= 4 is 29.2 Å². The van der Waals surface area contributed by atoms with Gasteiger partial charge < -0.3 is 4.90 Å². The maximum Gasteiger partial charge on any atom is 0.331 e. The van der Waals surface area contributed by atoms with Crippen LogP contribution in [0.25, 0.3) is 0 Å². The number of rotatable bonds is 1. The van der Waals surface area contributed by atoms with Gasteiger partial charge in [0.15, 0.2) is 0 Å². The lowest BCUT2D eigenvalue weighted by atomic mass is 9.77. The maximum atomic E-state index is 12.7. The summed E-state index contributed by atoms with van der Waals surface area (Å²) in [4.78, 5) is 28.3. The van der Waals surface area contributed by atoms with Crippen molar-refractivity contribution in [2.45, 2.75) is 44.1 Å². The van der Waals surface area contributed by atoms with Crippen LogP contribution < -0.4 is 4.90 Å². The van der Waals surface area contributed by atoms with Gasteiger partial charge in [0.25, 0.3) is 0 Å². The van der Waals surface area contributed by atoms with Crippen molar-refractivity contribution in [1.29, 1.82) is 0 Å². The Hall–Kier alpha value is -1.55. The summed E-state index contributed by atoms with van der Waals surface area (Å²) in [5.41, 5.74) is 0.191. The topological polar surface area (TPSA) is 40.6 Å². The van der Waals surface area contributed by atoms with E-state index in [4.69, 9.17) is 11.6 Å². The number of benzene rings is 1. The van der Waals surface area contributed by atoms with Crippen molar-refractivity contribution in [2.75, 3.05) is 11.9 Å². The number of carbonyl (C=O) groups excluding carboxylic acids is 2. The molecular formula is C16H19ClN2O2. The number of hydrogen-bond acceptors (Lipinski definition) is 2. The van der Waals surface area contributed by atoms with Crippen LogP contribution in [0.5, 0.6) is 0 Å². The number of carbonyl (C=O) groups is 2. The normalized spacial score (nSPS) is 22.0. The van der Waals surface area contributed by atoms with Crippen LogP contribution in [0.2, 0.25) is 5.02 Å². The molecule has 0 unspecified atom stereocenters. The molecule has 2 fully saturated rings. The van der Waals surface area contributed by atoms with Crippen LogP contribution in [0, 0.1) is 0 Å². The third-order valence-electron chi connectivity index (χ3n) is 4.80. The SMILES string of the molecule is CN1C(=O)N(c2ccccc2Cl)C(=O)CC12CCCCC2. The molecule has 1 heterocycles. The average Bonchev–Trinajstić information content (AvgIpc) is 2.48. The molecule has 112 valence electrons. The summed E-state index contributed by atoms with van der Waals surface area (Å²) < 4.78 is 0. The minimum Gasteiger partial charge on any atom is -0.321 e. The molecule has 0 bridgehead atoms. The van der Waals surface area contributed by atoms with E-state index in [0.29, 0.717) is 17.1 Å². The second kappa shape index (κ2) is 5.34. The summed E-state index contributed by atoms with van der Waals surface area (Å²) in [6, 6.07) is 6.72. The van der Waals surface area contributed by atoms with Crippen LogP contribution in [-0.2, 0) is 4.79 Å². The molecule has 3 rings (SSSR count). The van der Waals surface area contributed by atoms with Gasteiger partial charge in [-0.15, -0.1) is 0 Å². The van der Waals surface area contributed by atoms with Gasteiger partial charge in [-0.3, -0.25) is 4.79 Å². The molecule has 4 nitrogen and oxygen atoms in total. The third-order valence-corrected chi connectivity index (χ3v) is 5.12. The van der Waals surface area contributed by atoms with Crippen molar-refractivity contribution in [3.8, 4) is 0 Å². The monoisotopic (exact) mass is 306 g/mol. The Balaban J connectivity index is 1.95. The Morgan fingerprint density at radius 1 is 1.10 bits per heavy atom. The number of nitrogens with zero attached hydrogens (tertiary/aromatic N) is 2. The average molecular weight is 307 g/mol. The van der Waals surface area contributed by atoms with E-state index in [-0.39, 0.29) is 17.5 Å². The highest BCUT2D eigenvalue weighted by Crippen LogP contribution is 2.41. The van der Waals surface area contributed by atoms with E-state index in [1.165, 1.54) is 11.3 Å². The summed E-state index contributed by atoms with van der Waals surface area (Å²) in [5, 5.41) is 0.423. The van der Waals surface area contributed by atoms with Gasteiger partial charge in [0.05, 0.1) is 22.7 Å². The number of para-hydroxylation sites is 1. The molecule has 0 atom stereocenters. The number of anilines is 1. The second-order valence-electron chi connectivity index (χ2n) is 5.98. The van der Waals surface area contributed by atoms with Gasteiger partial charge in [-0.25, -0.2) is 9.69 Å². The Morgan fingerprint density at radius 3 is 2.43 bits per heavy atom. The van der Waals surface area contributed by atoms with E-state index in [1.54, 1.807) is 29.2 Å². The van der Waals surface area contributed by atoms with Gasteiger partial charge in [0, 0.05) is 7.05 Å². The van der Waals surface area contributed by atoms with Gasteiger partial charge in [-0.1, -0.05) is 43.0 Å². The second-order valence-corrected chi connectivity index (χ2v) is 6.39. The van der Waals surface area contributed by atoms with E-state index >= 15 is 0 Å². The minimum atomic E-state index is -0.288. The van der Waals surface area contributed by atoms with Crippen LogP contribution >= 0.6 is 11.6 Å². The molecule has 1 saturated carbocycles. The minimum absolute atomic E-state index is 0.145. The van der Waals surface area contributed by atoms with Gasteiger partial charge >= 0.3 is 6.03 Å². The Labute approximate surface area is 129 Å². The molecule has 2 aliphatic rings. The van der Waals surface area contributed by atoms with E-state index in [9.17, 15) is 9.59 Å². The van der Waals surface area contributed by atoms with Crippen LogP contribution in [0.1, 0.15) is 38.5 Å². The van der Waals surface area contributed by atoms with Gasteiger partial charge in [-0.2, -0.15) is 0 Å². The lowest BCUT2D eigenvalue weighted by Gasteiger charge is -2.49. The molecule has 1 aromatic carbocycles. The van der Waals surface area contributed by atoms with E-state index in [2.05, 4.69) is 0 Å². The molecule has 0 aromatic heterocycles. The summed E-state index contributed by atoms with van der Waals surface area (Å²) in [6.45, 7) is 0. The first-order chi connectivity index (χ1) is 10.1. The number of hydrogen-bond donors (Lipinski definition) is 0. The molecule has 0 N–H and O–H groups in total. The van der Waals surface area contributed by atoms with Gasteiger partial charge in [-0.05, 0) is 25.0 Å². The Morgan fingerprint density at radius 2 is 1.76 bits per heavy atom. The lowest BCUT2D eigenvalue weighted by Crippen LogP contribution is -2.63.